The molecule has 0 aromatic carbocycles. The fourth-order valence-electron chi connectivity index (χ4n) is 1.21. The van der Waals surface area contributed by atoms with Crippen LogP contribution in [-0.4, -0.2) is 16.5 Å². The highest BCUT2D eigenvalue weighted by molar-refractivity contribution is 6.58. The van der Waals surface area contributed by atoms with E-state index in [4.69, 9.17) is 51.1 Å². The summed E-state index contributed by atoms with van der Waals surface area (Å²) >= 11 is 23.5. The van der Waals surface area contributed by atoms with E-state index in [1.807, 2.05) is 0 Å². The smallest absolute Gasteiger partial charge is 0.184 e. The normalized spacial score (nSPS) is 37.7. The molecule has 2 atom stereocenters. The molecule has 0 amide bonds. The lowest BCUT2D eigenvalue weighted by molar-refractivity contribution is 0.0704. The molecule has 1 nitrogen and oxygen atoms in total. The predicted octanol–water partition coefficient (Wildman–Crippen LogP) is 3.19. The van der Waals surface area contributed by atoms with Crippen molar-refractivity contribution in [1.29, 1.82) is 0 Å². The number of hydrogen-bond acceptors (Lipinski definition) is 1. The van der Waals surface area contributed by atoms with Crippen molar-refractivity contribution in [3.63, 3.8) is 0 Å². The number of fused-ring (bicyclic) bond motifs is 2. The molecule has 66 valence electrons. The van der Waals surface area contributed by atoms with Crippen LogP contribution in [0.2, 0.25) is 0 Å². The molecule has 0 saturated heterocycles. The van der Waals surface area contributed by atoms with Gasteiger partial charge in [-0.2, -0.15) is 0 Å². The van der Waals surface area contributed by atoms with Crippen molar-refractivity contribution in [2.45, 2.75) is 16.5 Å². The summed E-state index contributed by atoms with van der Waals surface area (Å²) < 4.78 is 4.11. The second-order valence-corrected chi connectivity index (χ2v) is 4.82. The Kier molecular flexibility index (Phi) is 2.13. The topological polar surface area (TPSA) is 9.23 Å². The first-order chi connectivity index (χ1) is 5.53. The largest absolute Gasteiger partial charge is 0.358 e. The van der Waals surface area contributed by atoms with Gasteiger partial charge >= 0.3 is 0 Å². The number of hydrogen-bond donors (Lipinski definition) is 0. The van der Waals surface area contributed by atoms with Crippen LogP contribution in [0.3, 0.4) is 0 Å². The molecule has 2 bridgehead atoms. The van der Waals surface area contributed by atoms with Gasteiger partial charge in [-0.25, -0.2) is 0 Å². The maximum absolute atomic E-state index is 5.93. The molecular formula is C7H4Cl4O. The van der Waals surface area contributed by atoms with Crippen LogP contribution >= 0.6 is 46.4 Å². The highest BCUT2D eigenvalue weighted by atomic mass is 35.5. The Labute approximate surface area is 89.9 Å². The Morgan fingerprint density at radius 3 is 2.58 bits per heavy atom. The van der Waals surface area contributed by atoms with Crippen molar-refractivity contribution in [3.8, 4) is 0 Å². The van der Waals surface area contributed by atoms with E-state index in [0.717, 1.165) is 0 Å². The number of halogens is 4. The van der Waals surface area contributed by atoms with Crippen LogP contribution in [0.25, 0.3) is 0 Å². The molecule has 0 radical (unpaired) electrons. The summed E-state index contributed by atoms with van der Waals surface area (Å²) in [6.45, 7) is 0. The van der Waals surface area contributed by atoms with E-state index in [-0.39, 0.29) is 17.2 Å². The maximum atomic E-state index is 5.93. The molecule has 2 aliphatic rings. The fraction of sp³-hybridized carbons (Fsp3) is 0.429. The van der Waals surface area contributed by atoms with E-state index in [2.05, 4.69) is 0 Å². The first-order valence-corrected chi connectivity index (χ1v) is 4.82. The second kappa shape index (κ2) is 2.79. The summed E-state index contributed by atoms with van der Waals surface area (Å²) in [6.07, 6.45) is 2.90. The zero-order valence-corrected chi connectivity index (χ0v) is 8.75. The van der Waals surface area contributed by atoms with Gasteiger partial charge in [-0.05, 0) is 0 Å². The fourth-order valence-corrected chi connectivity index (χ4v) is 2.25. The Morgan fingerprint density at radius 1 is 1.25 bits per heavy atom. The van der Waals surface area contributed by atoms with Crippen LogP contribution < -0.4 is 0 Å². The molecule has 0 unspecified atom stereocenters. The molecule has 2 aliphatic heterocycles. The lowest BCUT2D eigenvalue weighted by atomic mass is 10.2. The minimum atomic E-state index is -1.23. The van der Waals surface area contributed by atoms with Gasteiger partial charge in [0.1, 0.15) is 12.2 Å². The van der Waals surface area contributed by atoms with Gasteiger partial charge in [0.15, 0.2) is 4.33 Å². The minimum absolute atomic E-state index is 0.263. The van der Waals surface area contributed by atoms with E-state index in [1.54, 1.807) is 12.2 Å². The van der Waals surface area contributed by atoms with Crippen molar-refractivity contribution < 1.29 is 4.74 Å². The SMILES string of the molecule is ClC1=C(Cl)C(Cl)(Cl)[C@H]2C=C[C@H]1O2. The van der Waals surface area contributed by atoms with E-state index in [1.165, 1.54) is 0 Å². The molecule has 5 heteroatoms. The van der Waals surface area contributed by atoms with Crippen molar-refractivity contribution in [1.82, 2.24) is 0 Å². The Balaban J connectivity index is 2.51. The van der Waals surface area contributed by atoms with E-state index in [0.29, 0.717) is 5.03 Å². The van der Waals surface area contributed by atoms with Crippen molar-refractivity contribution in [2.75, 3.05) is 0 Å². The van der Waals surface area contributed by atoms with Gasteiger partial charge < -0.3 is 4.74 Å². The average Bonchev–Trinajstić information content (AvgIpc) is 2.46. The molecular weight excluding hydrogens is 242 g/mol. The van der Waals surface area contributed by atoms with Gasteiger partial charge in [0.05, 0.1) is 10.1 Å². The molecule has 0 spiro atoms. The van der Waals surface area contributed by atoms with Crippen molar-refractivity contribution in [3.05, 3.63) is 22.2 Å². The monoisotopic (exact) mass is 244 g/mol. The first kappa shape index (κ1) is 9.17. The van der Waals surface area contributed by atoms with Crippen LogP contribution in [0.1, 0.15) is 0 Å². The van der Waals surface area contributed by atoms with Gasteiger partial charge in [0.25, 0.3) is 0 Å². The Hall–Kier alpha value is 0.600. The highest BCUT2D eigenvalue weighted by Gasteiger charge is 2.47. The zero-order chi connectivity index (χ0) is 8.93. The third-order valence-electron chi connectivity index (χ3n) is 1.86. The zero-order valence-electron chi connectivity index (χ0n) is 5.73. The summed E-state index contributed by atoms with van der Waals surface area (Å²) in [5.41, 5.74) is 0. The molecule has 2 heterocycles. The van der Waals surface area contributed by atoms with E-state index < -0.39 is 4.33 Å². The summed E-state index contributed by atoms with van der Waals surface area (Å²) in [5, 5.41) is 0.630. The lowest BCUT2D eigenvalue weighted by Crippen LogP contribution is -2.37. The van der Waals surface area contributed by atoms with E-state index in [9.17, 15) is 0 Å². The quantitative estimate of drug-likeness (QED) is 0.471. The van der Waals surface area contributed by atoms with Crippen LogP contribution in [0.5, 0.6) is 0 Å². The molecule has 0 aliphatic carbocycles. The first-order valence-electron chi connectivity index (χ1n) is 3.30. The lowest BCUT2D eigenvalue weighted by Gasteiger charge is -2.31. The third-order valence-corrected chi connectivity index (χ3v) is 3.87. The third kappa shape index (κ3) is 1.11. The second-order valence-electron chi connectivity index (χ2n) is 2.65. The molecule has 0 aromatic rings. The molecule has 12 heavy (non-hydrogen) atoms. The van der Waals surface area contributed by atoms with Crippen molar-refractivity contribution >= 4 is 46.4 Å². The highest BCUT2D eigenvalue weighted by Crippen LogP contribution is 2.48. The summed E-state index contributed by atoms with van der Waals surface area (Å²) in [7, 11) is 0. The standard InChI is InChI=1S/C7H4Cl4O/c8-5-3-1-2-4(12-3)7(10,11)6(5)9/h1-4H/t3-,4-/m1/s1. The average molecular weight is 246 g/mol. The molecule has 0 saturated carbocycles. The van der Waals surface area contributed by atoms with Crippen LogP contribution in [0.4, 0.5) is 0 Å². The van der Waals surface area contributed by atoms with Gasteiger partial charge in [-0.3, -0.25) is 0 Å². The number of rotatable bonds is 0. The molecule has 0 fully saturated rings. The minimum Gasteiger partial charge on any atom is -0.358 e. The van der Waals surface area contributed by atoms with Gasteiger partial charge in [0.2, 0.25) is 0 Å². The van der Waals surface area contributed by atoms with Gasteiger partial charge in [-0.15, -0.1) is 0 Å². The van der Waals surface area contributed by atoms with E-state index >= 15 is 0 Å². The molecule has 2 rings (SSSR count). The van der Waals surface area contributed by atoms with Gasteiger partial charge in [0, 0.05) is 0 Å². The Bertz CT molecular complexity index is 281. The molecule has 0 N–H and O–H groups in total. The summed E-state index contributed by atoms with van der Waals surface area (Å²) in [4.78, 5) is 0. The number of ether oxygens (including phenoxy) is 1. The number of alkyl halides is 2. The molecule has 0 aromatic heterocycles. The summed E-state index contributed by atoms with van der Waals surface area (Å²) in [5.74, 6) is 0. The summed E-state index contributed by atoms with van der Waals surface area (Å²) in [6, 6.07) is 0. The van der Waals surface area contributed by atoms with Gasteiger partial charge in [-0.1, -0.05) is 58.6 Å². The Morgan fingerprint density at radius 2 is 1.92 bits per heavy atom. The van der Waals surface area contributed by atoms with Crippen molar-refractivity contribution in [2.24, 2.45) is 0 Å². The predicted molar refractivity (Wildman–Crippen MR) is 51.0 cm³/mol. The van der Waals surface area contributed by atoms with Crippen LogP contribution in [0.15, 0.2) is 22.2 Å². The van der Waals surface area contributed by atoms with Crippen LogP contribution in [-0.2, 0) is 4.74 Å². The van der Waals surface area contributed by atoms with Crippen LogP contribution in [0, 0.1) is 0 Å². The maximum Gasteiger partial charge on any atom is 0.184 e.